The highest BCUT2D eigenvalue weighted by Gasteiger charge is 2.34. The second kappa shape index (κ2) is 9.67. The van der Waals surface area contributed by atoms with Gasteiger partial charge in [-0.3, -0.25) is 9.59 Å². The van der Waals surface area contributed by atoms with E-state index in [1.54, 1.807) is 11.0 Å². The van der Waals surface area contributed by atoms with Gasteiger partial charge in [-0.25, -0.2) is 4.39 Å². The minimum Gasteiger partial charge on any atom is -0.348 e. The number of hydrogen-bond donors (Lipinski definition) is 0. The van der Waals surface area contributed by atoms with Gasteiger partial charge in [0.2, 0.25) is 11.8 Å². The average Bonchev–Trinajstić information content (AvgIpc) is 3.27. The highest BCUT2D eigenvalue weighted by atomic mass is 19.1. The minimum absolute atomic E-state index is 0.0469. The molecule has 0 radical (unpaired) electrons. The fraction of sp³-hybridized carbons (Fsp3) is 0.520. The molecule has 0 spiro atoms. The number of carbonyl (C=O) groups excluding carboxylic acids is 2. The molecule has 0 N–H and O–H groups in total. The number of carbonyl (C=O) groups is 2. The molecule has 4 rings (SSSR count). The van der Waals surface area contributed by atoms with Crippen molar-refractivity contribution in [2.45, 2.75) is 58.0 Å². The molecule has 2 amide bonds. The van der Waals surface area contributed by atoms with Crippen molar-refractivity contribution in [1.29, 1.82) is 0 Å². The summed E-state index contributed by atoms with van der Waals surface area (Å²) in [5.41, 5.74) is 1.74. The van der Waals surface area contributed by atoms with E-state index in [0.717, 1.165) is 43.4 Å². The molecule has 1 aromatic carbocycles. The highest BCUT2D eigenvalue weighted by Crippen LogP contribution is 2.33. The second-order valence-corrected chi connectivity index (χ2v) is 8.77. The summed E-state index contributed by atoms with van der Waals surface area (Å²) in [6, 6.07) is 10.1. The third-order valence-electron chi connectivity index (χ3n) is 6.61. The van der Waals surface area contributed by atoms with Gasteiger partial charge in [0, 0.05) is 37.4 Å². The van der Waals surface area contributed by atoms with E-state index >= 15 is 0 Å². The Hall–Kier alpha value is -2.63. The smallest absolute Gasteiger partial charge is 0.243 e. The van der Waals surface area contributed by atoms with E-state index in [1.807, 2.05) is 36.2 Å². The van der Waals surface area contributed by atoms with Gasteiger partial charge < -0.3 is 14.4 Å². The third kappa shape index (κ3) is 4.68. The molecule has 166 valence electrons. The molecule has 2 aliphatic rings. The van der Waals surface area contributed by atoms with Crippen LogP contribution >= 0.6 is 0 Å². The molecule has 1 aliphatic carbocycles. The SMILES string of the molecule is CCCN(CC(=O)N1CCn2cccc2C1c1cccc(F)c1)C(=O)C1CCCCC1. The van der Waals surface area contributed by atoms with Gasteiger partial charge in [0.1, 0.15) is 5.82 Å². The van der Waals surface area contributed by atoms with Crippen LogP contribution in [0.1, 0.15) is 62.7 Å². The summed E-state index contributed by atoms with van der Waals surface area (Å²) in [6.45, 7) is 3.96. The van der Waals surface area contributed by atoms with E-state index in [-0.39, 0.29) is 36.1 Å². The molecular formula is C25H32FN3O2. The first kappa shape index (κ1) is 21.6. The zero-order chi connectivity index (χ0) is 21.8. The van der Waals surface area contributed by atoms with Gasteiger partial charge >= 0.3 is 0 Å². The number of aromatic nitrogens is 1. The molecule has 1 fully saturated rings. The highest BCUT2D eigenvalue weighted by molar-refractivity contribution is 5.86. The van der Waals surface area contributed by atoms with Gasteiger partial charge in [-0.1, -0.05) is 38.3 Å². The molecule has 31 heavy (non-hydrogen) atoms. The lowest BCUT2D eigenvalue weighted by Gasteiger charge is -2.39. The summed E-state index contributed by atoms with van der Waals surface area (Å²) in [5, 5.41) is 0. The minimum atomic E-state index is -0.347. The molecule has 5 nitrogen and oxygen atoms in total. The normalized spacial score (nSPS) is 19.2. The van der Waals surface area contributed by atoms with E-state index in [1.165, 1.54) is 18.6 Å². The zero-order valence-electron chi connectivity index (χ0n) is 18.3. The Balaban J connectivity index is 1.57. The summed E-state index contributed by atoms with van der Waals surface area (Å²) >= 11 is 0. The average molecular weight is 426 g/mol. The summed E-state index contributed by atoms with van der Waals surface area (Å²) < 4.78 is 16.1. The van der Waals surface area contributed by atoms with Gasteiger partial charge in [0.25, 0.3) is 0 Å². The first-order valence-corrected chi connectivity index (χ1v) is 11.6. The number of benzene rings is 1. The van der Waals surface area contributed by atoms with E-state index in [9.17, 15) is 14.0 Å². The van der Waals surface area contributed by atoms with Crippen LogP contribution in [0.2, 0.25) is 0 Å². The number of hydrogen-bond acceptors (Lipinski definition) is 2. The van der Waals surface area contributed by atoms with Crippen LogP contribution in [0.5, 0.6) is 0 Å². The summed E-state index contributed by atoms with van der Waals surface area (Å²) in [4.78, 5) is 30.2. The largest absolute Gasteiger partial charge is 0.348 e. The molecule has 2 aromatic rings. The molecule has 2 heterocycles. The fourth-order valence-electron chi connectivity index (χ4n) is 5.08. The lowest BCUT2D eigenvalue weighted by Crippen LogP contribution is -2.49. The van der Waals surface area contributed by atoms with Crippen LogP contribution in [-0.4, -0.2) is 45.8 Å². The quantitative estimate of drug-likeness (QED) is 0.690. The third-order valence-corrected chi connectivity index (χ3v) is 6.61. The predicted molar refractivity (Wildman–Crippen MR) is 118 cm³/mol. The number of amides is 2. The number of rotatable bonds is 6. The monoisotopic (exact) mass is 425 g/mol. The van der Waals surface area contributed by atoms with Crippen molar-refractivity contribution in [3.8, 4) is 0 Å². The van der Waals surface area contributed by atoms with Crippen LogP contribution in [-0.2, 0) is 16.1 Å². The van der Waals surface area contributed by atoms with Gasteiger partial charge in [-0.2, -0.15) is 0 Å². The lowest BCUT2D eigenvalue weighted by atomic mass is 9.88. The summed E-state index contributed by atoms with van der Waals surface area (Å²) in [7, 11) is 0. The van der Waals surface area contributed by atoms with Crippen LogP contribution in [0, 0.1) is 11.7 Å². The molecule has 1 aromatic heterocycles. The predicted octanol–water partition coefficient (Wildman–Crippen LogP) is 4.38. The molecule has 6 heteroatoms. The van der Waals surface area contributed by atoms with Crippen molar-refractivity contribution in [3.05, 3.63) is 59.7 Å². The second-order valence-electron chi connectivity index (χ2n) is 8.77. The van der Waals surface area contributed by atoms with E-state index in [2.05, 4.69) is 4.57 Å². The van der Waals surface area contributed by atoms with Crippen molar-refractivity contribution < 1.29 is 14.0 Å². The molecule has 1 atom stereocenters. The number of halogens is 1. The Morgan fingerprint density at radius 1 is 1.10 bits per heavy atom. The molecule has 0 saturated heterocycles. The van der Waals surface area contributed by atoms with Gasteiger partial charge in [0.15, 0.2) is 0 Å². The number of fused-ring (bicyclic) bond motifs is 1. The van der Waals surface area contributed by atoms with Crippen molar-refractivity contribution in [3.63, 3.8) is 0 Å². The molecule has 1 unspecified atom stereocenters. The maximum absolute atomic E-state index is 14.0. The van der Waals surface area contributed by atoms with Crippen LogP contribution in [0.25, 0.3) is 0 Å². The molecular weight excluding hydrogens is 393 g/mol. The first-order chi connectivity index (χ1) is 15.1. The van der Waals surface area contributed by atoms with Crippen LogP contribution < -0.4 is 0 Å². The standard InChI is InChI=1S/C25H32FN3O2/c1-2-13-28(25(31)19-8-4-3-5-9-19)18-23(30)29-16-15-27-14-7-12-22(27)24(29)20-10-6-11-21(26)17-20/h6-7,10-12,14,17,19,24H,2-5,8-9,13,15-16,18H2,1H3. The Bertz CT molecular complexity index is 919. The van der Waals surface area contributed by atoms with E-state index in [0.29, 0.717) is 19.6 Å². The van der Waals surface area contributed by atoms with E-state index < -0.39 is 0 Å². The van der Waals surface area contributed by atoms with Crippen molar-refractivity contribution in [1.82, 2.24) is 14.4 Å². The van der Waals surface area contributed by atoms with Crippen LogP contribution in [0.4, 0.5) is 4.39 Å². The van der Waals surface area contributed by atoms with Crippen molar-refractivity contribution in [2.24, 2.45) is 5.92 Å². The van der Waals surface area contributed by atoms with Gasteiger partial charge in [-0.15, -0.1) is 0 Å². The first-order valence-electron chi connectivity index (χ1n) is 11.6. The van der Waals surface area contributed by atoms with Gasteiger partial charge in [0.05, 0.1) is 12.6 Å². The topological polar surface area (TPSA) is 45.6 Å². The van der Waals surface area contributed by atoms with Crippen LogP contribution in [0.3, 0.4) is 0 Å². The van der Waals surface area contributed by atoms with Crippen molar-refractivity contribution >= 4 is 11.8 Å². The Kier molecular flexibility index (Phi) is 6.73. The van der Waals surface area contributed by atoms with Crippen molar-refractivity contribution in [2.75, 3.05) is 19.6 Å². The Morgan fingerprint density at radius 3 is 2.65 bits per heavy atom. The maximum atomic E-state index is 14.0. The maximum Gasteiger partial charge on any atom is 0.243 e. The number of nitrogens with zero attached hydrogens (tertiary/aromatic N) is 3. The molecule has 0 bridgehead atoms. The zero-order valence-corrected chi connectivity index (χ0v) is 18.3. The summed E-state index contributed by atoms with van der Waals surface area (Å²) in [6.07, 6.45) is 8.05. The molecule has 1 saturated carbocycles. The van der Waals surface area contributed by atoms with E-state index in [4.69, 9.17) is 0 Å². The van der Waals surface area contributed by atoms with Crippen LogP contribution in [0.15, 0.2) is 42.6 Å². The Labute approximate surface area is 183 Å². The van der Waals surface area contributed by atoms with Gasteiger partial charge in [-0.05, 0) is 49.1 Å². The summed E-state index contributed by atoms with van der Waals surface area (Å²) in [5.74, 6) is -0.212. The fourth-order valence-corrected chi connectivity index (χ4v) is 5.08. The Morgan fingerprint density at radius 2 is 1.90 bits per heavy atom. The molecule has 1 aliphatic heterocycles. The lowest BCUT2D eigenvalue weighted by molar-refractivity contribution is -0.145.